The minimum Gasteiger partial charge on any atom is -0.396 e. The van der Waals surface area contributed by atoms with Crippen molar-refractivity contribution in [2.45, 2.75) is 13.3 Å². The van der Waals surface area contributed by atoms with E-state index < -0.39 is 0 Å². The molecule has 0 amide bonds. The van der Waals surface area contributed by atoms with Gasteiger partial charge >= 0.3 is 0 Å². The Kier molecular flexibility index (Phi) is 2.49. The van der Waals surface area contributed by atoms with Crippen LogP contribution in [0.5, 0.6) is 0 Å². The molecule has 2 nitrogen and oxygen atoms in total. The van der Waals surface area contributed by atoms with E-state index in [1.165, 1.54) is 6.42 Å². The van der Waals surface area contributed by atoms with Crippen LogP contribution < -0.4 is 5.32 Å². The fourth-order valence-corrected chi connectivity index (χ4v) is 1.41. The van der Waals surface area contributed by atoms with Gasteiger partial charge in [0.2, 0.25) is 0 Å². The molecule has 1 aliphatic heterocycles. The molecule has 1 aliphatic rings. The highest BCUT2D eigenvalue weighted by Crippen LogP contribution is 2.14. The van der Waals surface area contributed by atoms with Crippen molar-refractivity contribution in [2.75, 3.05) is 19.7 Å². The van der Waals surface area contributed by atoms with Crippen LogP contribution in [0.4, 0.5) is 0 Å². The molecule has 2 atom stereocenters. The lowest BCUT2D eigenvalue weighted by molar-refractivity contribution is 0.177. The van der Waals surface area contributed by atoms with E-state index >= 15 is 0 Å². The highest BCUT2D eigenvalue weighted by Gasteiger charge is 2.16. The predicted molar refractivity (Wildman–Crippen MR) is 37.2 cm³/mol. The fourth-order valence-electron chi connectivity index (χ4n) is 1.41. The zero-order chi connectivity index (χ0) is 6.69. The van der Waals surface area contributed by atoms with E-state index in [2.05, 4.69) is 12.2 Å². The second-order valence-corrected chi connectivity index (χ2v) is 3.05. The molecule has 0 radical (unpaired) electrons. The third-order valence-electron chi connectivity index (χ3n) is 1.92. The van der Waals surface area contributed by atoms with Gasteiger partial charge in [-0.05, 0) is 24.8 Å². The summed E-state index contributed by atoms with van der Waals surface area (Å²) in [7, 11) is 0. The Morgan fingerprint density at radius 3 is 2.78 bits per heavy atom. The zero-order valence-corrected chi connectivity index (χ0v) is 5.93. The molecule has 1 heterocycles. The maximum Gasteiger partial charge on any atom is 0.0471 e. The second kappa shape index (κ2) is 3.18. The molecular weight excluding hydrogens is 114 g/mol. The SMILES string of the molecule is C[C@@H]1CNC[C@H](CO)C1. The summed E-state index contributed by atoms with van der Waals surface area (Å²) >= 11 is 0. The smallest absolute Gasteiger partial charge is 0.0471 e. The molecule has 0 spiro atoms. The number of aliphatic hydroxyl groups is 1. The van der Waals surface area contributed by atoms with Crippen LogP contribution in [0.2, 0.25) is 0 Å². The van der Waals surface area contributed by atoms with Crippen molar-refractivity contribution in [1.82, 2.24) is 5.32 Å². The van der Waals surface area contributed by atoms with Crippen LogP contribution in [-0.2, 0) is 0 Å². The molecule has 0 aromatic carbocycles. The Labute approximate surface area is 56.3 Å². The van der Waals surface area contributed by atoms with Gasteiger partial charge in [0.05, 0.1) is 0 Å². The van der Waals surface area contributed by atoms with Crippen molar-refractivity contribution in [3.8, 4) is 0 Å². The van der Waals surface area contributed by atoms with Crippen LogP contribution in [0.3, 0.4) is 0 Å². The van der Waals surface area contributed by atoms with Crippen LogP contribution >= 0.6 is 0 Å². The Balaban J connectivity index is 2.23. The fraction of sp³-hybridized carbons (Fsp3) is 1.00. The second-order valence-electron chi connectivity index (χ2n) is 3.05. The predicted octanol–water partition coefficient (Wildman–Crippen LogP) is 0.224. The lowest BCUT2D eigenvalue weighted by Crippen LogP contribution is -2.36. The first kappa shape index (κ1) is 7.03. The van der Waals surface area contributed by atoms with Crippen molar-refractivity contribution in [3.63, 3.8) is 0 Å². The summed E-state index contributed by atoms with van der Waals surface area (Å²) in [5.41, 5.74) is 0. The summed E-state index contributed by atoms with van der Waals surface area (Å²) in [6, 6.07) is 0. The van der Waals surface area contributed by atoms with Gasteiger partial charge in [0.1, 0.15) is 0 Å². The Morgan fingerprint density at radius 2 is 2.33 bits per heavy atom. The minimum atomic E-state index is 0.345. The van der Waals surface area contributed by atoms with Crippen molar-refractivity contribution in [1.29, 1.82) is 0 Å². The largest absolute Gasteiger partial charge is 0.396 e. The highest BCUT2D eigenvalue weighted by molar-refractivity contribution is 4.72. The monoisotopic (exact) mass is 129 g/mol. The molecule has 0 aromatic rings. The van der Waals surface area contributed by atoms with Crippen molar-refractivity contribution in [2.24, 2.45) is 11.8 Å². The Bertz CT molecular complexity index is 85.0. The van der Waals surface area contributed by atoms with Crippen molar-refractivity contribution >= 4 is 0 Å². The van der Waals surface area contributed by atoms with Gasteiger partial charge in [-0.2, -0.15) is 0 Å². The molecule has 1 rings (SSSR count). The first-order valence-electron chi connectivity index (χ1n) is 3.64. The summed E-state index contributed by atoms with van der Waals surface area (Å²) in [4.78, 5) is 0. The number of hydrogen-bond donors (Lipinski definition) is 2. The zero-order valence-electron chi connectivity index (χ0n) is 5.93. The Morgan fingerprint density at radius 1 is 1.56 bits per heavy atom. The number of piperidine rings is 1. The topological polar surface area (TPSA) is 32.3 Å². The summed E-state index contributed by atoms with van der Waals surface area (Å²) in [6.45, 7) is 4.68. The van der Waals surface area contributed by atoms with E-state index in [1.54, 1.807) is 0 Å². The molecule has 9 heavy (non-hydrogen) atoms. The van der Waals surface area contributed by atoms with Gasteiger partial charge in [-0.15, -0.1) is 0 Å². The van der Waals surface area contributed by atoms with Crippen molar-refractivity contribution < 1.29 is 5.11 Å². The van der Waals surface area contributed by atoms with Crippen LogP contribution in [0.1, 0.15) is 13.3 Å². The molecular formula is C7H15NO. The molecule has 0 unspecified atom stereocenters. The number of rotatable bonds is 1. The molecule has 2 heteroatoms. The van der Waals surface area contributed by atoms with Crippen LogP contribution in [0.25, 0.3) is 0 Å². The average molecular weight is 129 g/mol. The molecule has 0 aliphatic carbocycles. The molecule has 0 saturated carbocycles. The van der Waals surface area contributed by atoms with E-state index in [9.17, 15) is 0 Å². The summed E-state index contributed by atoms with van der Waals surface area (Å²) in [6.07, 6.45) is 1.18. The van der Waals surface area contributed by atoms with Crippen LogP contribution in [0.15, 0.2) is 0 Å². The normalized spacial score (nSPS) is 36.7. The van der Waals surface area contributed by atoms with E-state index in [-0.39, 0.29) is 0 Å². The number of hydrogen-bond acceptors (Lipinski definition) is 2. The van der Waals surface area contributed by atoms with Crippen molar-refractivity contribution in [3.05, 3.63) is 0 Å². The summed E-state index contributed by atoms with van der Waals surface area (Å²) in [5, 5.41) is 12.0. The van der Waals surface area contributed by atoms with Gasteiger partial charge in [-0.3, -0.25) is 0 Å². The minimum absolute atomic E-state index is 0.345. The van der Waals surface area contributed by atoms with Gasteiger partial charge in [0.25, 0.3) is 0 Å². The average Bonchev–Trinajstić information content (AvgIpc) is 1.88. The Hall–Kier alpha value is -0.0800. The molecule has 54 valence electrons. The third kappa shape index (κ3) is 1.95. The maximum absolute atomic E-state index is 8.77. The number of aliphatic hydroxyl groups excluding tert-OH is 1. The molecule has 1 fully saturated rings. The molecule has 2 N–H and O–H groups in total. The molecule has 1 saturated heterocycles. The first-order valence-corrected chi connectivity index (χ1v) is 3.64. The van der Waals surface area contributed by atoms with Gasteiger partial charge in [-0.25, -0.2) is 0 Å². The lowest BCUT2D eigenvalue weighted by Gasteiger charge is -2.25. The molecule has 0 aromatic heterocycles. The van der Waals surface area contributed by atoms with Crippen LogP contribution in [0, 0.1) is 11.8 Å². The van der Waals surface area contributed by atoms with Gasteiger partial charge < -0.3 is 10.4 Å². The van der Waals surface area contributed by atoms with E-state index in [4.69, 9.17) is 5.11 Å². The van der Waals surface area contributed by atoms with E-state index in [1.807, 2.05) is 0 Å². The third-order valence-corrected chi connectivity index (χ3v) is 1.92. The van der Waals surface area contributed by atoms with E-state index in [0.717, 1.165) is 19.0 Å². The summed E-state index contributed by atoms with van der Waals surface area (Å²) < 4.78 is 0. The van der Waals surface area contributed by atoms with Gasteiger partial charge in [0, 0.05) is 13.2 Å². The standard InChI is InChI=1S/C7H15NO/c1-6-2-7(5-9)4-8-3-6/h6-9H,2-5H2,1H3/t6-,7+/m0/s1. The van der Waals surface area contributed by atoms with Gasteiger partial charge in [0.15, 0.2) is 0 Å². The van der Waals surface area contributed by atoms with Gasteiger partial charge in [-0.1, -0.05) is 6.92 Å². The maximum atomic E-state index is 8.77. The summed E-state index contributed by atoms with van der Waals surface area (Å²) in [5.74, 6) is 1.25. The van der Waals surface area contributed by atoms with E-state index in [0.29, 0.717) is 12.5 Å². The molecule has 0 bridgehead atoms. The highest BCUT2D eigenvalue weighted by atomic mass is 16.3. The number of nitrogens with one attached hydrogen (secondary N) is 1. The quantitative estimate of drug-likeness (QED) is 0.531. The first-order chi connectivity index (χ1) is 4.33. The van der Waals surface area contributed by atoms with Crippen LogP contribution in [-0.4, -0.2) is 24.8 Å². The lowest BCUT2D eigenvalue weighted by atomic mass is 9.93.